The highest BCUT2D eigenvalue weighted by atomic mass is 127. The highest BCUT2D eigenvalue weighted by Crippen LogP contribution is 2.47. The van der Waals surface area contributed by atoms with Crippen molar-refractivity contribution in [2.75, 3.05) is 28.4 Å². The predicted octanol–water partition coefficient (Wildman–Crippen LogP) is 1.26. The maximum atomic E-state index is 12.2. The maximum absolute atomic E-state index is 12.2. The molecule has 10 heteroatoms. The summed E-state index contributed by atoms with van der Waals surface area (Å²) in [6, 6.07) is 0. The summed E-state index contributed by atoms with van der Waals surface area (Å²) in [7, 11) is 5.47. The second kappa shape index (κ2) is 9.44. The van der Waals surface area contributed by atoms with Gasteiger partial charge in [0.25, 0.3) is 0 Å². The highest BCUT2D eigenvalue weighted by Gasteiger charge is 2.45. The van der Waals surface area contributed by atoms with Crippen LogP contribution in [0.1, 0.15) is 22.8 Å². The summed E-state index contributed by atoms with van der Waals surface area (Å²) in [6.45, 7) is 3.34. The second-order valence-corrected chi connectivity index (χ2v) is 7.29. The fourth-order valence-electron chi connectivity index (χ4n) is 3.06. The van der Waals surface area contributed by atoms with Gasteiger partial charge in [-0.1, -0.05) is 0 Å². The van der Waals surface area contributed by atoms with Gasteiger partial charge >= 0.3 is 5.97 Å². The average Bonchev–Trinajstić information content (AvgIpc) is 2.69. The van der Waals surface area contributed by atoms with E-state index in [9.17, 15) is 15.0 Å². The summed E-state index contributed by atoms with van der Waals surface area (Å²) >= 11 is 2.02. The number of hydrogen-bond acceptors (Lipinski definition) is 9. The van der Waals surface area contributed by atoms with Gasteiger partial charge in [-0.15, -0.1) is 0 Å². The smallest absolute Gasteiger partial charge is 0.342 e. The monoisotopic (exact) mass is 512 g/mol. The highest BCUT2D eigenvalue weighted by molar-refractivity contribution is 14.1. The number of rotatable bonds is 6. The number of hydrogen-bond donors (Lipinski definition) is 2. The molecule has 0 spiro atoms. The number of carbonyl (C=O) groups excluding carboxylic acids is 1. The number of ether oxygens (including phenoxy) is 6. The number of halogens is 1. The Morgan fingerprint density at radius 2 is 1.64 bits per heavy atom. The Morgan fingerprint density at radius 1 is 1.04 bits per heavy atom. The van der Waals surface area contributed by atoms with Crippen molar-refractivity contribution in [3.8, 4) is 17.2 Å². The zero-order valence-electron chi connectivity index (χ0n) is 16.5. The van der Waals surface area contributed by atoms with E-state index in [4.69, 9.17) is 28.4 Å². The molecule has 28 heavy (non-hydrogen) atoms. The van der Waals surface area contributed by atoms with Crippen LogP contribution in [0.4, 0.5) is 0 Å². The third-order valence-electron chi connectivity index (χ3n) is 4.63. The van der Waals surface area contributed by atoms with Crippen molar-refractivity contribution < 1.29 is 43.4 Å². The average molecular weight is 512 g/mol. The van der Waals surface area contributed by atoms with Gasteiger partial charge in [-0.25, -0.2) is 4.79 Å². The van der Waals surface area contributed by atoms with E-state index in [0.717, 1.165) is 0 Å². The molecule has 2 N–H and O–H groups in total. The zero-order valence-corrected chi connectivity index (χ0v) is 18.7. The number of esters is 1. The van der Waals surface area contributed by atoms with E-state index >= 15 is 0 Å². The van der Waals surface area contributed by atoms with Gasteiger partial charge in [0.05, 0.1) is 31.0 Å². The topological polar surface area (TPSA) is 113 Å². The van der Waals surface area contributed by atoms with E-state index in [1.165, 1.54) is 28.4 Å². The predicted molar refractivity (Wildman–Crippen MR) is 106 cm³/mol. The molecule has 0 amide bonds. The minimum absolute atomic E-state index is 0.153. The van der Waals surface area contributed by atoms with Crippen molar-refractivity contribution in [1.82, 2.24) is 0 Å². The van der Waals surface area contributed by atoms with Crippen LogP contribution in [0.2, 0.25) is 0 Å². The van der Waals surface area contributed by atoms with E-state index in [1.54, 1.807) is 13.8 Å². The van der Waals surface area contributed by atoms with Gasteiger partial charge in [0.1, 0.15) is 23.9 Å². The van der Waals surface area contributed by atoms with Crippen molar-refractivity contribution in [2.24, 2.45) is 0 Å². The summed E-state index contributed by atoms with van der Waals surface area (Å²) in [6.07, 6.45) is -5.00. The molecule has 2 rings (SSSR count). The van der Waals surface area contributed by atoms with Gasteiger partial charge in [0.2, 0.25) is 12.0 Å². The summed E-state index contributed by atoms with van der Waals surface area (Å²) in [5.74, 6) is 0.00574. The van der Waals surface area contributed by atoms with Crippen molar-refractivity contribution in [2.45, 2.75) is 44.6 Å². The van der Waals surface area contributed by atoms with Gasteiger partial charge in [0.15, 0.2) is 11.5 Å². The van der Waals surface area contributed by atoms with Crippen LogP contribution in [0.15, 0.2) is 0 Å². The summed E-state index contributed by atoms with van der Waals surface area (Å²) in [5.41, 5.74) is 0.786. The molecule has 0 saturated carbocycles. The van der Waals surface area contributed by atoms with E-state index in [1.807, 2.05) is 22.6 Å². The van der Waals surface area contributed by atoms with Crippen molar-refractivity contribution in [3.63, 3.8) is 0 Å². The molecule has 1 heterocycles. The molecular weight excluding hydrogens is 487 g/mol. The lowest BCUT2D eigenvalue weighted by atomic mass is 10.00. The van der Waals surface area contributed by atoms with Crippen LogP contribution in [0.3, 0.4) is 0 Å². The number of methoxy groups -OCH3 is 4. The first-order chi connectivity index (χ1) is 13.2. The molecule has 0 radical (unpaired) electrons. The van der Waals surface area contributed by atoms with Crippen LogP contribution >= 0.6 is 22.6 Å². The molecular formula is C18H25IO9. The van der Waals surface area contributed by atoms with Gasteiger partial charge in [-0.3, -0.25) is 0 Å². The van der Waals surface area contributed by atoms with Crippen LogP contribution < -0.4 is 14.2 Å². The zero-order chi connectivity index (χ0) is 21.2. The Morgan fingerprint density at radius 3 is 2.14 bits per heavy atom. The number of aliphatic hydroxyl groups is 2. The molecule has 5 atom stereocenters. The molecule has 9 nitrogen and oxygen atoms in total. The van der Waals surface area contributed by atoms with Crippen LogP contribution in [0, 0.1) is 10.5 Å². The van der Waals surface area contributed by atoms with Gasteiger partial charge in [0, 0.05) is 7.11 Å². The maximum Gasteiger partial charge on any atom is 0.342 e. The molecule has 158 valence electrons. The largest absolute Gasteiger partial charge is 0.492 e. The Kier molecular flexibility index (Phi) is 7.73. The molecule has 1 fully saturated rings. The van der Waals surface area contributed by atoms with E-state index < -0.39 is 36.7 Å². The molecule has 0 bridgehead atoms. The third kappa shape index (κ3) is 4.01. The normalized spacial score (nSPS) is 27.2. The first-order valence-electron chi connectivity index (χ1n) is 8.46. The Labute approximate surface area is 176 Å². The standard InChI is InChI=1S/C18H25IO9/c1-7-9(17(22)26-6)13(23-3)16(25-5)14(10(7)19)28-18-15(24-4)12(21)11(20)8(2)27-18/h8,11-12,15,18,20-21H,1-6H3/t8-,11-,12+,15+,18?/m0/s1. The van der Waals surface area contributed by atoms with E-state index in [2.05, 4.69) is 0 Å². The number of aliphatic hydroxyl groups excluding tert-OH is 2. The molecule has 1 unspecified atom stereocenters. The van der Waals surface area contributed by atoms with Crippen molar-refractivity contribution in [1.29, 1.82) is 0 Å². The molecule has 1 aromatic rings. The SMILES string of the molecule is COC(=O)c1c(C)c(I)c(OC2O[C@@H](C)[C@H](O)[C@@H](O)[C@H]2OC)c(OC)c1OC. The minimum atomic E-state index is -1.21. The summed E-state index contributed by atoms with van der Waals surface area (Å²) < 4.78 is 33.3. The van der Waals surface area contributed by atoms with Gasteiger partial charge in [-0.05, 0) is 42.0 Å². The molecule has 1 aliphatic heterocycles. The van der Waals surface area contributed by atoms with Gasteiger partial charge < -0.3 is 38.6 Å². The lowest BCUT2D eigenvalue weighted by Crippen LogP contribution is -2.59. The van der Waals surface area contributed by atoms with Gasteiger partial charge in [-0.2, -0.15) is 0 Å². The third-order valence-corrected chi connectivity index (χ3v) is 5.93. The first kappa shape index (κ1) is 22.9. The lowest BCUT2D eigenvalue weighted by molar-refractivity contribution is -0.274. The van der Waals surface area contributed by atoms with Crippen molar-refractivity contribution in [3.05, 3.63) is 14.7 Å². The summed E-state index contributed by atoms with van der Waals surface area (Å²) in [5, 5.41) is 20.3. The Bertz CT molecular complexity index is 724. The lowest BCUT2D eigenvalue weighted by Gasteiger charge is -2.40. The number of carbonyl (C=O) groups is 1. The minimum Gasteiger partial charge on any atom is -0.492 e. The molecule has 0 aliphatic carbocycles. The molecule has 1 saturated heterocycles. The number of benzene rings is 1. The fourth-order valence-corrected chi connectivity index (χ4v) is 3.71. The first-order valence-corrected chi connectivity index (χ1v) is 9.54. The molecule has 0 aromatic heterocycles. The van der Waals surface area contributed by atoms with E-state index in [0.29, 0.717) is 9.13 Å². The van der Waals surface area contributed by atoms with Crippen LogP contribution in [-0.2, 0) is 14.2 Å². The second-order valence-electron chi connectivity index (χ2n) is 6.21. The molecule has 1 aliphatic rings. The van der Waals surface area contributed by atoms with Crippen LogP contribution in [0.25, 0.3) is 0 Å². The van der Waals surface area contributed by atoms with Crippen LogP contribution in [0.5, 0.6) is 17.2 Å². The van der Waals surface area contributed by atoms with E-state index in [-0.39, 0.29) is 22.8 Å². The quantitative estimate of drug-likeness (QED) is 0.430. The van der Waals surface area contributed by atoms with Crippen molar-refractivity contribution >= 4 is 28.6 Å². The summed E-state index contributed by atoms with van der Waals surface area (Å²) in [4.78, 5) is 12.2. The Balaban J connectivity index is 2.56. The molecule has 1 aromatic carbocycles. The van der Waals surface area contributed by atoms with Crippen LogP contribution in [-0.4, -0.2) is 75.3 Å². The Hall–Kier alpha value is -1.34. The fraction of sp³-hybridized carbons (Fsp3) is 0.611.